The highest BCUT2D eigenvalue weighted by atomic mass is 15.3. The van der Waals surface area contributed by atoms with E-state index in [9.17, 15) is 0 Å². The van der Waals surface area contributed by atoms with Crippen LogP contribution in [0.2, 0.25) is 0 Å². The molecule has 0 unspecified atom stereocenters. The van der Waals surface area contributed by atoms with E-state index in [1.54, 1.807) is 0 Å². The number of aryl methyl sites for hydroxylation is 4. The van der Waals surface area contributed by atoms with Gasteiger partial charge in [-0.1, -0.05) is 30.3 Å². The normalized spacial score (nSPS) is 11.2. The molecule has 4 aromatic rings. The van der Waals surface area contributed by atoms with Crippen LogP contribution >= 0.6 is 0 Å². The number of fused-ring (bicyclic) bond motifs is 1. The van der Waals surface area contributed by atoms with Gasteiger partial charge in [0, 0.05) is 0 Å². The van der Waals surface area contributed by atoms with Crippen molar-refractivity contribution in [2.45, 2.75) is 20.8 Å². The van der Waals surface area contributed by atoms with Gasteiger partial charge in [0.05, 0.1) is 12.6 Å². The van der Waals surface area contributed by atoms with Crippen molar-refractivity contribution in [2.75, 3.05) is 0 Å². The summed E-state index contributed by atoms with van der Waals surface area (Å²) in [7, 11) is 2.08. The molecule has 0 atom stereocenters. The molecule has 5 heteroatoms. The highest BCUT2D eigenvalue weighted by molar-refractivity contribution is 5.78. The van der Waals surface area contributed by atoms with Gasteiger partial charge in [0.25, 0.3) is 5.82 Å². The van der Waals surface area contributed by atoms with E-state index in [2.05, 4.69) is 80.5 Å². The van der Waals surface area contributed by atoms with Gasteiger partial charge in [-0.2, -0.15) is 14.5 Å². The smallest absolute Gasteiger partial charge is 0.225 e. The van der Waals surface area contributed by atoms with Gasteiger partial charge in [0.1, 0.15) is 11.6 Å². The highest BCUT2D eigenvalue weighted by Gasteiger charge is 2.28. The summed E-state index contributed by atoms with van der Waals surface area (Å²) in [5, 5.41) is 0. The summed E-state index contributed by atoms with van der Waals surface area (Å²) >= 11 is 0. The maximum atomic E-state index is 4.61. The van der Waals surface area contributed by atoms with Crippen LogP contribution in [-0.2, 0) is 7.05 Å². The second kappa shape index (κ2) is 5.77. The number of para-hydroxylation sites is 2. The predicted octanol–water partition coefficient (Wildman–Crippen LogP) is 3.23. The molecule has 0 N–H and O–H groups in total. The third-order valence-corrected chi connectivity index (χ3v) is 4.45. The van der Waals surface area contributed by atoms with Crippen LogP contribution in [0.25, 0.3) is 28.4 Å². The van der Waals surface area contributed by atoms with Gasteiger partial charge >= 0.3 is 5.95 Å². The molecule has 0 aliphatic carbocycles. The standard InChI is InChI=1S/C20H20N5/c1-13-9-5-6-10-16(13)19-24(4)17-11-7-8-12-18(17)25(19)20-22-14(2)21-15(3)23-20/h5-12H,1-4H3/q+1. The summed E-state index contributed by atoms with van der Waals surface area (Å²) < 4.78 is 4.32. The first-order valence-electron chi connectivity index (χ1n) is 8.31. The number of imidazole rings is 1. The lowest BCUT2D eigenvalue weighted by molar-refractivity contribution is -0.633. The van der Waals surface area contributed by atoms with Crippen LogP contribution in [-0.4, -0.2) is 19.5 Å². The van der Waals surface area contributed by atoms with Crippen molar-refractivity contribution in [2.24, 2.45) is 7.05 Å². The van der Waals surface area contributed by atoms with E-state index in [0.717, 1.165) is 34.1 Å². The van der Waals surface area contributed by atoms with Crippen molar-refractivity contribution in [3.8, 4) is 17.3 Å². The Bertz CT molecular complexity index is 1070. The third kappa shape index (κ3) is 2.48. The van der Waals surface area contributed by atoms with Gasteiger partial charge in [-0.3, -0.25) is 0 Å². The zero-order chi connectivity index (χ0) is 17.6. The molecule has 2 heterocycles. The van der Waals surface area contributed by atoms with Gasteiger partial charge < -0.3 is 0 Å². The summed E-state index contributed by atoms with van der Waals surface area (Å²) in [5.74, 6) is 3.15. The number of nitrogens with zero attached hydrogens (tertiary/aromatic N) is 5. The van der Waals surface area contributed by atoms with Crippen LogP contribution in [0.1, 0.15) is 17.2 Å². The van der Waals surface area contributed by atoms with Crippen molar-refractivity contribution in [3.05, 3.63) is 65.7 Å². The van der Waals surface area contributed by atoms with Gasteiger partial charge in [-0.15, -0.1) is 0 Å². The molecule has 0 radical (unpaired) electrons. The molecule has 5 nitrogen and oxygen atoms in total. The Kier molecular flexibility index (Phi) is 3.57. The third-order valence-electron chi connectivity index (χ3n) is 4.45. The largest absolute Gasteiger partial charge is 0.330 e. The van der Waals surface area contributed by atoms with Crippen LogP contribution < -0.4 is 4.57 Å². The van der Waals surface area contributed by atoms with Gasteiger partial charge in [-0.05, 0) is 44.5 Å². The molecule has 0 aliphatic heterocycles. The molecule has 0 spiro atoms. The van der Waals surface area contributed by atoms with Crippen LogP contribution in [0, 0.1) is 20.8 Å². The minimum Gasteiger partial charge on any atom is -0.225 e. The lowest BCUT2D eigenvalue weighted by Crippen LogP contribution is -2.30. The molecule has 4 rings (SSSR count). The average Bonchev–Trinajstić information content (AvgIpc) is 2.88. The summed E-state index contributed by atoms with van der Waals surface area (Å²) in [6.07, 6.45) is 0. The average molecular weight is 330 g/mol. The summed E-state index contributed by atoms with van der Waals surface area (Å²) in [4.78, 5) is 13.5. The summed E-state index contributed by atoms with van der Waals surface area (Å²) in [6.45, 7) is 5.93. The Morgan fingerprint density at radius 2 is 1.44 bits per heavy atom. The molecular weight excluding hydrogens is 310 g/mol. The fourth-order valence-corrected chi connectivity index (χ4v) is 3.34. The molecule has 124 valence electrons. The van der Waals surface area contributed by atoms with E-state index in [4.69, 9.17) is 0 Å². The highest BCUT2D eigenvalue weighted by Crippen LogP contribution is 2.27. The first-order chi connectivity index (χ1) is 12.1. The maximum absolute atomic E-state index is 4.61. The lowest BCUT2D eigenvalue weighted by atomic mass is 10.1. The maximum Gasteiger partial charge on any atom is 0.330 e. The predicted molar refractivity (Wildman–Crippen MR) is 97.5 cm³/mol. The Morgan fingerprint density at radius 3 is 2.16 bits per heavy atom. The number of hydrogen-bond acceptors (Lipinski definition) is 3. The SMILES string of the molecule is Cc1nc(C)nc(-n2c(-c3ccccc3C)[n+](C)c3ccccc32)n1. The number of benzene rings is 2. The van der Waals surface area contributed by atoms with Crippen molar-refractivity contribution in [1.29, 1.82) is 0 Å². The van der Waals surface area contributed by atoms with Gasteiger partial charge in [-0.25, -0.2) is 9.55 Å². The quantitative estimate of drug-likeness (QED) is 0.530. The number of aromatic nitrogens is 5. The Labute approximate surface area is 146 Å². The minimum absolute atomic E-state index is 0.653. The van der Waals surface area contributed by atoms with Crippen LogP contribution in [0.3, 0.4) is 0 Å². The molecule has 25 heavy (non-hydrogen) atoms. The van der Waals surface area contributed by atoms with Crippen molar-refractivity contribution in [1.82, 2.24) is 19.5 Å². The van der Waals surface area contributed by atoms with Crippen LogP contribution in [0.15, 0.2) is 48.5 Å². The monoisotopic (exact) mass is 330 g/mol. The Balaban J connectivity index is 2.16. The van der Waals surface area contributed by atoms with Gasteiger partial charge in [0.2, 0.25) is 0 Å². The molecular formula is C20H20N5+. The van der Waals surface area contributed by atoms with Crippen LogP contribution in [0.4, 0.5) is 0 Å². The molecule has 2 aromatic carbocycles. The molecule has 0 saturated heterocycles. The van der Waals surface area contributed by atoms with E-state index in [1.165, 1.54) is 5.56 Å². The topological polar surface area (TPSA) is 47.5 Å². The van der Waals surface area contributed by atoms with Gasteiger partial charge in [0.15, 0.2) is 11.0 Å². The van der Waals surface area contributed by atoms with E-state index in [1.807, 2.05) is 19.9 Å². The second-order valence-electron chi connectivity index (χ2n) is 6.25. The second-order valence-corrected chi connectivity index (χ2v) is 6.25. The zero-order valence-electron chi connectivity index (χ0n) is 14.9. The first kappa shape index (κ1) is 15.4. The first-order valence-corrected chi connectivity index (χ1v) is 8.31. The van der Waals surface area contributed by atoms with Crippen LogP contribution in [0.5, 0.6) is 0 Å². The minimum atomic E-state index is 0.653. The summed E-state index contributed by atoms with van der Waals surface area (Å²) in [5.41, 5.74) is 4.59. The van der Waals surface area contributed by atoms with E-state index >= 15 is 0 Å². The number of hydrogen-bond donors (Lipinski definition) is 0. The van der Waals surface area contributed by atoms with E-state index in [0.29, 0.717) is 5.95 Å². The summed E-state index contributed by atoms with van der Waals surface area (Å²) in [6, 6.07) is 16.7. The molecule has 0 aliphatic rings. The fraction of sp³-hybridized carbons (Fsp3) is 0.200. The number of rotatable bonds is 2. The molecule has 0 bridgehead atoms. The van der Waals surface area contributed by atoms with Crippen molar-refractivity contribution >= 4 is 11.0 Å². The molecule has 2 aromatic heterocycles. The zero-order valence-corrected chi connectivity index (χ0v) is 14.9. The van der Waals surface area contributed by atoms with Crippen molar-refractivity contribution < 1.29 is 4.57 Å². The Hall–Kier alpha value is -3.08. The fourth-order valence-electron chi connectivity index (χ4n) is 3.34. The lowest BCUT2D eigenvalue weighted by Gasteiger charge is -2.05. The molecule has 0 saturated carbocycles. The molecule has 0 fully saturated rings. The van der Waals surface area contributed by atoms with E-state index in [-0.39, 0.29) is 0 Å². The Morgan fingerprint density at radius 1 is 0.800 bits per heavy atom. The molecule has 0 amide bonds. The van der Waals surface area contributed by atoms with E-state index < -0.39 is 0 Å². The van der Waals surface area contributed by atoms with Crippen molar-refractivity contribution in [3.63, 3.8) is 0 Å².